The lowest BCUT2D eigenvalue weighted by Crippen LogP contribution is -2.47. The molecule has 21 heavy (non-hydrogen) atoms. The van der Waals surface area contributed by atoms with Gasteiger partial charge in [-0.1, -0.05) is 31.0 Å². The van der Waals surface area contributed by atoms with E-state index < -0.39 is 0 Å². The van der Waals surface area contributed by atoms with E-state index in [1.54, 1.807) is 0 Å². The molecule has 2 nitrogen and oxygen atoms in total. The van der Waals surface area contributed by atoms with Gasteiger partial charge in [-0.05, 0) is 51.7 Å². The molecule has 2 heteroatoms. The molecule has 3 rings (SSSR count). The summed E-state index contributed by atoms with van der Waals surface area (Å²) in [4.78, 5) is 2.64. The molecule has 0 spiro atoms. The number of nitrogens with zero attached hydrogens (tertiary/aromatic N) is 1. The van der Waals surface area contributed by atoms with Crippen molar-refractivity contribution in [2.75, 3.05) is 24.5 Å². The summed E-state index contributed by atoms with van der Waals surface area (Å²) in [7, 11) is 0. The largest absolute Gasteiger partial charge is 0.370 e. The molecule has 0 amide bonds. The highest BCUT2D eigenvalue weighted by molar-refractivity contribution is 5.58. The topological polar surface area (TPSA) is 15.3 Å². The maximum atomic E-state index is 3.78. The van der Waals surface area contributed by atoms with Crippen molar-refractivity contribution in [1.82, 2.24) is 5.32 Å². The molecule has 1 aromatic carbocycles. The van der Waals surface area contributed by atoms with Gasteiger partial charge in [0, 0.05) is 36.3 Å². The monoisotopic (exact) mass is 286 g/mol. The Kier molecular flexibility index (Phi) is 4.00. The summed E-state index contributed by atoms with van der Waals surface area (Å²) in [5.74, 6) is 0. The van der Waals surface area contributed by atoms with E-state index in [9.17, 15) is 0 Å². The minimum atomic E-state index is 0.221. The van der Waals surface area contributed by atoms with Gasteiger partial charge in [-0.15, -0.1) is 0 Å². The smallest absolute Gasteiger partial charge is 0.0399 e. The first-order chi connectivity index (χ1) is 9.98. The summed E-state index contributed by atoms with van der Waals surface area (Å²) in [5, 5.41) is 3.78. The Bertz CT molecular complexity index is 481. The number of para-hydroxylation sites is 1. The molecule has 1 aromatic rings. The summed E-state index contributed by atoms with van der Waals surface area (Å²) in [6.07, 6.45) is 6.80. The molecule has 1 saturated carbocycles. The van der Waals surface area contributed by atoms with Crippen LogP contribution in [0, 0.1) is 5.41 Å². The Hall–Kier alpha value is -1.02. The minimum Gasteiger partial charge on any atom is -0.370 e. The molecular formula is C19H30N2. The average Bonchev–Trinajstić information content (AvgIpc) is 3.05. The van der Waals surface area contributed by atoms with E-state index in [2.05, 4.69) is 55.3 Å². The predicted octanol–water partition coefficient (Wildman–Crippen LogP) is 4.00. The third kappa shape index (κ3) is 3.42. The first-order valence-electron chi connectivity index (χ1n) is 8.55. The summed E-state index contributed by atoms with van der Waals surface area (Å²) in [5.41, 5.74) is 3.72. The molecule has 2 aliphatic rings. The van der Waals surface area contributed by atoms with Gasteiger partial charge in [0.25, 0.3) is 0 Å². The van der Waals surface area contributed by atoms with Gasteiger partial charge in [0.1, 0.15) is 0 Å². The number of nitrogens with one attached hydrogen (secondary N) is 1. The van der Waals surface area contributed by atoms with Gasteiger partial charge in [0.15, 0.2) is 0 Å². The lowest BCUT2D eigenvalue weighted by Gasteiger charge is -2.37. The molecule has 0 unspecified atom stereocenters. The first kappa shape index (κ1) is 14.9. The average molecular weight is 286 g/mol. The van der Waals surface area contributed by atoms with Gasteiger partial charge in [-0.25, -0.2) is 0 Å². The highest BCUT2D eigenvalue weighted by Gasteiger charge is 2.37. The van der Waals surface area contributed by atoms with Crippen molar-refractivity contribution in [3.63, 3.8) is 0 Å². The highest BCUT2D eigenvalue weighted by atomic mass is 15.2. The molecule has 1 aliphatic carbocycles. The van der Waals surface area contributed by atoms with E-state index >= 15 is 0 Å². The zero-order chi connectivity index (χ0) is 14.9. The predicted molar refractivity (Wildman–Crippen MR) is 91.0 cm³/mol. The Labute approximate surface area is 129 Å². The number of rotatable bonds is 4. The zero-order valence-electron chi connectivity index (χ0n) is 13.9. The SMILES string of the molecule is CC(C)(C)NCC1(CN2CCc3ccccc32)CCCC1. The number of hydrogen-bond acceptors (Lipinski definition) is 2. The highest BCUT2D eigenvalue weighted by Crippen LogP contribution is 2.41. The molecule has 0 atom stereocenters. The van der Waals surface area contributed by atoms with Crippen LogP contribution in [-0.4, -0.2) is 25.2 Å². The maximum Gasteiger partial charge on any atom is 0.0399 e. The zero-order valence-corrected chi connectivity index (χ0v) is 13.9. The van der Waals surface area contributed by atoms with Gasteiger partial charge in [-0.2, -0.15) is 0 Å². The lowest BCUT2D eigenvalue weighted by atomic mass is 9.84. The van der Waals surface area contributed by atoms with Crippen molar-refractivity contribution < 1.29 is 0 Å². The van der Waals surface area contributed by atoms with Crippen LogP contribution in [0.3, 0.4) is 0 Å². The molecular weight excluding hydrogens is 256 g/mol. The van der Waals surface area contributed by atoms with Crippen LogP contribution in [0.4, 0.5) is 5.69 Å². The van der Waals surface area contributed by atoms with Gasteiger partial charge >= 0.3 is 0 Å². The summed E-state index contributed by atoms with van der Waals surface area (Å²) >= 11 is 0. The van der Waals surface area contributed by atoms with Crippen LogP contribution in [-0.2, 0) is 6.42 Å². The van der Waals surface area contributed by atoms with E-state index in [0.29, 0.717) is 5.41 Å². The van der Waals surface area contributed by atoms with Crippen LogP contribution >= 0.6 is 0 Å². The van der Waals surface area contributed by atoms with Crippen molar-refractivity contribution >= 4 is 5.69 Å². The molecule has 1 heterocycles. The quantitative estimate of drug-likeness (QED) is 0.900. The van der Waals surface area contributed by atoms with E-state index in [1.807, 2.05) is 0 Å². The van der Waals surface area contributed by atoms with E-state index in [-0.39, 0.29) is 5.54 Å². The van der Waals surface area contributed by atoms with Crippen molar-refractivity contribution in [1.29, 1.82) is 0 Å². The number of hydrogen-bond donors (Lipinski definition) is 1. The second-order valence-electron chi connectivity index (χ2n) is 8.11. The molecule has 0 bridgehead atoms. The second-order valence-corrected chi connectivity index (χ2v) is 8.11. The van der Waals surface area contributed by atoms with Crippen LogP contribution in [0.1, 0.15) is 52.0 Å². The molecule has 116 valence electrons. The summed E-state index contributed by atoms with van der Waals surface area (Å²) in [6, 6.07) is 8.97. The fraction of sp³-hybridized carbons (Fsp3) is 0.684. The van der Waals surface area contributed by atoms with Crippen LogP contribution in [0.25, 0.3) is 0 Å². The van der Waals surface area contributed by atoms with Gasteiger partial charge in [0.05, 0.1) is 0 Å². The molecule has 1 fully saturated rings. The maximum absolute atomic E-state index is 3.78. The first-order valence-corrected chi connectivity index (χ1v) is 8.55. The molecule has 1 N–H and O–H groups in total. The van der Waals surface area contributed by atoms with Crippen molar-refractivity contribution in [2.45, 2.75) is 58.4 Å². The number of anilines is 1. The van der Waals surface area contributed by atoms with Crippen molar-refractivity contribution in [2.24, 2.45) is 5.41 Å². The van der Waals surface area contributed by atoms with Gasteiger partial charge in [0.2, 0.25) is 0 Å². The van der Waals surface area contributed by atoms with E-state index in [1.165, 1.54) is 56.4 Å². The van der Waals surface area contributed by atoms with Gasteiger partial charge in [-0.3, -0.25) is 0 Å². The van der Waals surface area contributed by atoms with Crippen LogP contribution in [0.2, 0.25) is 0 Å². The fourth-order valence-corrected chi connectivity index (χ4v) is 3.94. The molecule has 0 saturated heterocycles. The number of benzene rings is 1. The third-order valence-electron chi connectivity index (χ3n) is 5.17. The summed E-state index contributed by atoms with van der Waals surface area (Å²) < 4.78 is 0. The number of fused-ring (bicyclic) bond motifs is 1. The van der Waals surface area contributed by atoms with Crippen LogP contribution < -0.4 is 10.2 Å². The van der Waals surface area contributed by atoms with Crippen molar-refractivity contribution in [3.8, 4) is 0 Å². The Morgan fingerprint density at radius 2 is 1.86 bits per heavy atom. The summed E-state index contributed by atoms with van der Waals surface area (Å²) in [6.45, 7) is 10.4. The lowest BCUT2D eigenvalue weighted by molar-refractivity contribution is 0.251. The third-order valence-corrected chi connectivity index (χ3v) is 5.17. The normalized spacial score (nSPS) is 20.8. The second kappa shape index (κ2) is 5.64. The van der Waals surface area contributed by atoms with E-state index in [0.717, 1.165) is 6.54 Å². The van der Waals surface area contributed by atoms with Gasteiger partial charge < -0.3 is 10.2 Å². The van der Waals surface area contributed by atoms with Crippen molar-refractivity contribution in [3.05, 3.63) is 29.8 Å². The minimum absolute atomic E-state index is 0.221. The van der Waals surface area contributed by atoms with Crippen LogP contribution in [0.5, 0.6) is 0 Å². The van der Waals surface area contributed by atoms with Crippen LogP contribution in [0.15, 0.2) is 24.3 Å². The molecule has 0 radical (unpaired) electrons. The Balaban J connectivity index is 1.71. The standard InChI is InChI=1S/C19H30N2/c1-18(2,3)20-14-19(11-6-7-12-19)15-21-13-10-16-8-4-5-9-17(16)21/h4-5,8-9,20H,6-7,10-15H2,1-3H3. The molecule has 0 aromatic heterocycles. The fourth-order valence-electron chi connectivity index (χ4n) is 3.94. The Morgan fingerprint density at radius 3 is 2.57 bits per heavy atom. The molecule has 1 aliphatic heterocycles. The Morgan fingerprint density at radius 1 is 1.14 bits per heavy atom. The van der Waals surface area contributed by atoms with E-state index in [4.69, 9.17) is 0 Å².